The van der Waals surface area contributed by atoms with Crippen molar-refractivity contribution in [2.75, 3.05) is 59.7 Å². The molecule has 0 aliphatic carbocycles. The maximum absolute atomic E-state index is 11.9. The van der Waals surface area contributed by atoms with Crippen molar-refractivity contribution in [3.63, 3.8) is 0 Å². The molecule has 1 saturated heterocycles. The first-order valence-electron chi connectivity index (χ1n) is 9.26. The molecule has 2 N–H and O–H groups in total. The quantitative estimate of drug-likeness (QED) is 0.368. The van der Waals surface area contributed by atoms with Crippen LogP contribution < -0.4 is 10.6 Å². The zero-order chi connectivity index (χ0) is 18.7. The molecule has 0 aromatic carbocycles. The molecule has 1 amide bonds. The van der Waals surface area contributed by atoms with Gasteiger partial charge in [-0.1, -0.05) is 20.8 Å². The Labute approximate surface area is 152 Å². The summed E-state index contributed by atoms with van der Waals surface area (Å²) in [4.78, 5) is 18.8. The standard InChI is InChI=1S/C18H36N4O3/c1-6-19-17(21-9-8-20-16(23)18(2,3)4)22-10-7-15(13-22)14-25-12-11-24-5/h15H,6-14H2,1-5H3,(H,19,21)(H,20,23). The Morgan fingerprint density at radius 2 is 2.04 bits per heavy atom. The van der Waals surface area contributed by atoms with E-state index in [9.17, 15) is 4.79 Å². The van der Waals surface area contributed by atoms with Gasteiger partial charge in [-0.3, -0.25) is 9.79 Å². The number of hydrogen-bond acceptors (Lipinski definition) is 4. The predicted octanol–water partition coefficient (Wildman–Crippen LogP) is 1.10. The fourth-order valence-electron chi connectivity index (χ4n) is 2.58. The third kappa shape index (κ3) is 8.54. The fourth-order valence-corrected chi connectivity index (χ4v) is 2.58. The van der Waals surface area contributed by atoms with Gasteiger partial charge in [0.1, 0.15) is 0 Å². The number of carbonyl (C=O) groups is 1. The minimum absolute atomic E-state index is 0.0575. The van der Waals surface area contributed by atoms with Gasteiger partial charge < -0.3 is 25.0 Å². The number of guanidine groups is 1. The molecule has 1 unspecified atom stereocenters. The molecule has 0 saturated carbocycles. The van der Waals surface area contributed by atoms with E-state index in [1.807, 2.05) is 20.8 Å². The molecule has 0 spiro atoms. The molecule has 0 bridgehead atoms. The summed E-state index contributed by atoms with van der Waals surface area (Å²) in [7, 11) is 1.68. The smallest absolute Gasteiger partial charge is 0.225 e. The Kier molecular flexibility index (Phi) is 9.82. The summed E-state index contributed by atoms with van der Waals surface area (Å²) < 4.78 is 10.6. The van der Waals surface area contributed by atoms with Gasteiger partial charge in [0.15, 0.2) is 5.96 Å². The van der Waals surface area contributed by atoms with Gasteiger partial charge in [0, 0.05) is 44.6 Å². The molecule has 25 heavy (non-hydrogen) atoms. The van der Waals surface area contributed by atoms with Crippen molar-refractivity contribution < 1.29 is 14.3 Å². The van der Waals surface area contributed by atoms with Crippen molar-refractivity contribution in [2.24, 2.45) is 16.3 Å². The summed E-state index contributed by atoms with van der Waals surface area (Å²) in [5.41, 5.74) is -0.362. The Hall–Kier alpha value is -1.34. The Bertz CT molecular complexity index is 421. The molecule has 0 radical (unpaired) electrons. The van der Waals surface area contributed by atoms with Crippen LogP contribution in [-0.2, 0) is 14.3 Å². The fraction of sp³-hybridized carbons (Fsp3) is 0.889. The van der Waals surface area contributed by atoms with E-state index in [1.54, 1.807) is 7.11 Å². The van der Waals surface area contributed by atoms with Crippen LogP contribution in [0.25, 0.3) is 0 Å². The van der Waals surface area contributed by atoms with E-state index in [0.717, 1.165) is 38.6 Å². The van der Waals surface area contributed by atoms with Gasteiger partial charge in [-0.2, -0.15) is 0 Å². The van der Waals surface area contributed by atoms with Gasteiger partial charge in [0.05, 0.1) is 26.4 Å². The van der Waals surface area contributed by atoms with Gasteiger partial charge in [-0.25, -0.2) is 0 Å². The average Bonchev–Trinajstić information content (AvgIpc) is 3.02. The van der Waals surface area contributed by atoms with E-state index in [1.165, 1.54) is 0 Å². The van der Waals surface area contributed by atoms with Gasteiger partial charge in [0.25, 0.3) is 0 Å². The molecule has 0 aromatic rings. The lowest BCUT2D eigenvalue weighted by molar-refractivity contribution is -0.128. The van der Waals surface area contributed by atoms with E-state index in [2.05, 4.69) is 27.4 Å². The van der Waals surface area contributed by atoms with Crippen LogP contribution in [0.15, 0.2) is 4.99 Å². The molecular weight excluding hydrogens is 320 g/mol. The highest BCUT2D eigenvalue weighted by Gasteiger charge is 2.25. The average molecular weight is 357 g/mol. The molecule has 1 fully saturated rings. The monoisotopic (exact) mass is 356 g/mol. The highest BCUT2D eigenvalue weighted by atomic mass is 16.5. The van der Waals surface area contributed by atoms with Crippen LogP contribution in [0.1, 0.15) is 34.1 Å². The van der Waals surface area contributed by atoms with Crippen LogP contribution in [0.5, 0.6) is 0 Å². The Morgan fingerprint density at radius 1 is 1.28 bits per heavy atom. The second-order valence-electron chi connectivity index (χ2n) is 7.41. The van der Waals surface area contributed by atoms with E-state index in [4.69, 9.17) is 9.47 Å². The summed E-state index contributed by atoms with van der Waals surface area (Å²) in [6.45, 7) is 13.8. The summed E-state index contributed by atoms with van der Waals surface area (Å²) in [6.07, 6.45) is 1.11. The number of ether oxygens (including phenoxy) is 2. The molecule has 1 heterocycles. The first-order valence-corrected chi connectivity index (χ1v) is 9.26. The maximum atomic E-state index is 11.9. The molecular formula is C18H36N4O3. The third-order valence-corrected chi connectivity index (χ3v) is 4.05. The zero-order valence-corrected chi connectivity index (χ0v) is 16.6. The first kappa shape index (κ1) is 21.7. The molecule has 1 rings (SSSR count). The highest BCUT2D eigenvalue weighted by molar-refractivity contribution is 5.81. The van der Waals surface area contributed by atoms with Crippen molar-refractivity contribution in [3.8, 4) is 0 Å². The summed E-state index contributed by atoms with van der Waals surface area (Å²) in [6, 6.07) is 0. The lowest BCUT2D eigenvalue weighted by Gasteiger charge is -2.22. The molecule has 146 valence electrons. The van der Waals surface area contributed by atoms with Gasteiger partial charge >= 0.3 is 0 Å². The van der Waals surface area contributed by atoms with Crippen LogP contribution in [-0.4, -0.2) is 76.4 Å². The van der Waals surface area contributed by atoms with E-state index < -0.39 is 0 Å². The van der Waals surface area contributed by atoms with Crippen molar-refractivity contribution in [1.29, 1.82) is 0 Å². The third-order valence-electron chi connectivity index (χ3n) is 4.05. The number of hydrogen-bond donors (Lipinski definition) is 2. The van der Waals surface area contributed by atoms with Crippen LogP contribution in [0.4, 0.5) is 0 Å². The lowest BCUT2D eigenvalue weighted by atomic mass is 9.96. The number of rotatable bonds is 9. The maximum Gasteiger partial charge on any atom is 0.225 e. The number of nitrogens with zero attached hydrogens (tertiary/aromatic N) is 2. The van der Waals surface area contributed by atoms with Crippen molar-refractivity contribution in [3.05, 3.63) is 0 Å². The van der Waals surface area contributed by atoms with E-state index in [0.29, 0.717) is 32.2 Å². The minimum atomic E-state index is -0.362. The number of nitrogens with one attached hydrogen (secondary N) is 2. The molecule has 1 aliphatic rings. The molecule has 7 nitrogen and oxygen atoms in total. The van der Waals surface area contributed by atoms with Crippen molar-refractivity contribution >= 4 is 11.9 Å². The largest absolute Gasteiger partial charge is 0.382 e. The van der Waals surface area contributed by atoms with Crippen LogP contribution >= 0.6 is 0 Å². The number of methoxy groups -OCH3 is 1. The molecule has 1 atom stereocenters. The van der Waals surface area contributed by atoms with Crippen LogP contribution in [0.3, 0.4) is 0 Å². The molecule has 0 aromatic heterocycles. The summed E-state index contributed by atoms with van der Waals surface area (Å²) in [5.74, 6) is 1.51. The highest BCUT2D eigenvalue weighted by Crippen LogP contribution is 2.16. The predicted molar refractivity (Wildman–Crippen MR) is 101 cm³/mol. The topological polar surface area (TPSA) is 75.2 Å². The zero-order valence-electron chi connectivity index (χ0n) is 16.6. The van der Waals surface area contributed by atoms with Crippen LogP contribution in [0, 0.1) is 11.3 Å². The molecule has 7 heteroatoms. The SMILES string of the molecule is CCNC(=NCCNC(=O)C(C)(C)C)N1CCC(COCCOC)C1. The van der Waals surface area contributed by atoms with Crippen molar-refractivity contribution in [2.45, 2.75) is 34.1 Å². The second-order valence-corrected chi connectivity index (χ2v) is 7.41. The normalized spacial score (nSPS) is 18.5. The Balaban J connectivity index is 2.39. The van der Waals surface area contributed by atoms with E-state index in [-0.39, 0.29) is 11.3 Å². The first-order chi connectivity index (χ1) is 11.9. The number of likely N-dealkylation sites (tertiary alicyclic amines) is 1. The number of aliphatic imine (C=N–C) groups is 1. The lowest BCUT2D eigenvalue weighted by Crippen LogP contribution is -2.41. The van der Waals surface area contributed by atoms with Gasteiger partial charge in [0.2, 0.25) is 5.91 Å². The van der Waals surface area contributed by atoms with Crippen LogP contribution in [0.2, 0.25) is 0 Å². The summed E-state index contributed by atoms with van der Waals surface area (Å²) >= 11 is 0. The second kappa shape index (κ2) is 11.3. The van der Waals surface area contributed by atoms with E-state index >= 15 is 0 Å². The number of carbonyl (C=O) groups excluding carboxylic acids is 1. The molecule has 1 aliphatic heterocycles. The Morgan fingerprint density at radius 3 is 2.68 bits per heavy atom. The van der Waals surface area contributed by atoms with Gasteiger partial charge in [-0.15, -0.1) is 0 Å². The minimum Gasteiger partial charge on any atom is -0.382 e. The van der Waals surface area contributed by atoms with Gasteiger partial charge in [-0.05, 0) is 13.3 Å². The van der Waals surface area contributed by atoms with Crippen molar-refractivity contribution in [1.82, 2.24) is 15.5 Å². The number of amides is 1. The summed E-state index contributed by atoms with van der Waals surface area (Å²) in [5, 5.41) is 6.28.